The molecule has 0 fully saturated rings. The number of hydrogen-bond acceptors (Lipinski definition) is 6. The fourth-order valence-corrected chi connectivity index (χ4v) is 2.71. The van der Waals surface area contributed by atoms with Gasteiger partial charge in [-0.25, -0.2) is 20.2 Å². The highest BCUT2D eigenvalue weighted by Crippen LogP contribution is 2.25. The van der Waals surface area contributed by atoms with E-state index in [1.54, 1.807) is 19.1 Å². The fraction of sp³-hybridized carbons (Fsp3) is 0.143. The molecule has 0 saturated heterocycles. The number of ether oxygens (including phenoxy) is 1. The predicted molar refractivity (Wildman–Crippen MR) is 80.7 cm³/mol. The average Bonchev–Trinajstić information content (AvgIpc) is 2.96. The third kappa shape index (κ3) is 2.79. The van der Waals surface area contributed by atoms with Crippen molar-refractivity contribution in [3.8, 4) is 5.75 Å². The standard InChI is InChI=1S/C14H13FN4OS/c1-8-6-9(2-3-11(8)15)20-7-12-17-13(19-16)10-4-5-21-14(10)18-12/h2-6H,7,16H2,1H3,(H,17,18,19). The first-order valence-electron chi connectivity index (χ1n) is 6.27. The van der Waals surface area contributed by atoms with Gasteiger partial charge in [-0.05, 0) is 42.1 Å². The lowest BCUT2D eigenvalue weighted by molar-refractivity contribution is 0.296. The van der Waals surface area contributed by atoms with Gasteiger partial charge < -0.3 is 10.2 Å². The van der Waals surface area contributed by atoms with Gasteiger partial charge in [-0.1, -0.05) is 0 Å². The Morgan fingerprint density at radius 1 is 1.33 bits per heavy atom. The quantitative estimate of drug-likeness (QED) is 0.572. The van der Waals surface area contributed by atoms with Crippen molar-refractivity contribution in [2.75, 3.05) is 5.43 Å². The number of halogens is 1. The Morgan fingerprint density at radius 2 is 2.19 bits per heavy atom. The third-order valence-corrected chi connectivity index (χ3v) is 3.81. The molecule has 0 saturated carbocycles. The van der Waals surface area contributed by atoms with E-state index in [4.69, 9.17) is 10.6 Å². The molecule has 0 atom stereocenters. The Kier molecular flexibility index (Phi) is 3.68. The van der Waals surface area contributed by atoms with Crippen LogP contribution in [0.1, 0.15) is 11.4 Å². The first-order chi connectivity index (χ1) is 10.2. The molecule has 3 aromatic rings. The molecule has 0 bridgehead atoms. The molecule has 0 aliphatic carbocycles. The molecule has 2 heterocycles. The van der Waals surface area contributed by atoms with E-state index in [1.165, 1.54) is 17.4 Å². The number of anilines is 1. The van der Waals surface area contributed by atoms with E-state index < -0.39 is 0 Å². The van der Waals surface area contributed by atoms with E-state index in [9.17, 15) is 4.39 Å². The number of fused-ring (bicyclic) bond motifs is 1. The zero-order valence-electron chi connectivity index (χ0n) is 11.3. The number of benzene rings is 1. The van der Waals surface area contributed by atoms with Gasteiger partial charge >= 0.3 is 0 Å². The average molecular weight is 304 g/mol. The minimum absolute atomic E-state index is 0.188. The minimum Gasteiger partial charge on any atom is -0.486 e. The molecule has 5 nitrogen and oxygen atoms in total. The van der Waals surface area contributed by atoms with Crippen molar-refractivity contribution in [2.45, 2.75) is 13.5 Å². The van der Waals surface area contributed by atoms with Crippen molar-refractivity contribution in [3.63, 3.8) is 0 Å². The lowest BCUT2D eigenvalue weighted by Gasteiger charge is -2.08. The molecule has 0 radical (unpaired) electrons. The summed E-state index contributed by atoms with van der Waals surface area (Å²) in [7, 11) is 0. The van der Waals surface area contributed by atoms with Gasteiger partial charge in [0.25, 0.3) is 0 Å². The topological polar surface area (TPSA) is 73.1 Å². The molecule has 7 heteroatoms. The second-order valence-corrected chi connectivity index (χ2v) is 5.37. The largest absolute Gasteiger partial charge is 0.486 e. The first kappa shape index (κ1) is 13.7. The van der Waals surface area contributed by atoms with E-state index >= 15 is 0 Å². The van der Waals surface area contributed by atoms with Gasteiger partial charge in [0.2, 0.25) is 0 Å². The van der Waals surface area contributed by atoms with Crippen LogP contribution < -0.4 is 16.0 Å². The number of nitrogens with two attached hydrogens (primary N) is 1. The summed E-state index contributed by atoms with van der Waals surface area (Å²) in [5.41, 5.74) is 3.10. The van der Waals surface area contributed by atoms with Crippen LogP contribution in [0, 0.1) is 12.7 Å². The van der Waals surface area contributed by atoms with Crippen LogP contribution in [0.3, 0.4) is 0 Å². The summed E-state index contributed by atoms with van der Waals surface area (Å²) in [5, 5.41) is 2.80. The molecule has 0 spiro atoms. The molecule has 1 aromatic carbocycles. The highest BCUT2D eigenvalue weighted by Gasteiger charge is 2.09. The highest BCUT2D eigenvalue weighted by molar-refractivity contribution is 7.16. The Balaban J connectivity index is 1.82. The second-order valence-electron chi connectivity index (χ2n) is 4.47. The summed E-state index contributed by atoms with van der Waals surface area (Å²) < 4.78 is 18.8. The number of hydrazine groups is 1. The highest BCUT2D eigenvalue weighted by atomic mass is 32.1. The molecule has 108 valence electrons. The Hall–Kier alpha value is -2.25. The van der Waals surface area contributed by atoms with Crippen LogP contribution in [-0.2, 0) is 6.61 Å². The number of hydrogen-bond donors (Lipinski definition) is 2. The first-order valence-corrected chi connectivity index (χ1v) is 7.15. The van der Waals surface area contributed by atoms with E-state index in [0.717, 1.165) is 10.2 Å². The molecule has 21 heavy (non-hydrogen) atoms. The van der Waals surface area contributed by atoms with Crippen LogP contribution in [0.15, 0.2) is 29.6 Å². The molecule has 0 unspecified atom stereocenters. The predicted octanol–water partition coefficient (Wildman–Crippen LogP) is 3.00. The Morgan fingerprint density at radius 3 is 2.95 bits per heavy atom. The number of thiophene rings is 1. The van der Waals surface area contributed by atoms with Gasteiger partial charge in [0.1, 0.15) is 23.0 Å². The number of aryl methyl sites for hydroxylation is 1. The lowest BCUT2D eigenvalue weighted by Crippen LogP contribution is -2.11. The van der Waals surface area contributed by atoms with E-state index in [0.29, 0.717) is 23.0 Å². The molecule has 3 rings (SSSR count). The van der Waals surface area contributed by atoms with Gasteiger partial charge in [0.15, 0.2) is 11.6 Å². The SMILES string of the molecule is Cc1cc(OCc2nc(NN)c3ccsc3n2)ccc1F. The maximum Gasteiger partial charge on any atom is 0.169 e. The van der Waals surface area contributed by atoms with Gasteiger partial charge in [-0.3, -0.25) is 0 Å². The molecule has 0 aliphatic heterocycles. The minimum atomic E-state index is -0.256. The second kappa shape index (κ2) is 5.63. The third-order valence-electron chi connectivity index (χ3n) is 3.01. The molecule has 0 amide bonds. The summed E-state index contributed by atoms with van der Waals surface area (Å²) in [4.78, 5) is 9.56. The van der Waals surface area contributed by atoms with Crippen LogP contribution in [0.4, 0.5) is 10.2 Å². The van der Waals surface area contributed by atoms with Crippen molar-refractivity contribution >= 4 is 27.4 Å². The summed E-state index contributed by atoms with van der Waals surface area (Å²) in [6, 6.07) is 6.50. The van der Waals surface area contributed by atoms with Gasteiger partial charge in [-0.15, -0.1) is 11.3 Å². The normalized spacial score (nSPS) is 10.8. The summed E-state index contributed by atoms with van der Waals surface area (Å²) >= 11 is 1.51. The van der Waals surface area contributed by atoms with Crippen LogP contribution in [-0.4, -0.2) is 9.97 Å². The maximum absolute atomic E-state index is 13.2. The van der Waals surface area contributed by atoms with Crippen LogP contribution in [0.2, 0.25) is 0 Å². The van der Waals surface area contributed by atoms with Crippen molar-refractivity contribution in [1.82, 2.24) is 9.97 Å². The van der Waals surface area contributed by atoms with E-state index in [2.05, 4.69) is 15.4 Å². The number of rotatable bonds is 4. The summed E-state index contributed by atoms with van der Waals surface area (Å²) in [6.45, 7) is 1.88. The number of nitrogens with zero attached hydrogens (tertiary/aromatic N) is 2. The van der Waals surface area contributed by atoms with E-state index in [1.807, 2.05) is 11.4 Å². The molecule has 2 aromatic heterocycles. The summed E-state index contributed by atoms with van der Waals surface area (Å²) in [5.74, 6) is 6.87. The fourth-order valence-electron chi connectivity index (χ4n) is 1.93. The molecular formula is C14H13FN4OS. The van der Waals surface area contributed by atoms with Gasteiger partial charge in [0, 0.05) is 0 Å². The van der Waals surface area contributed by atoms with Crippen molar-refractivity contribution < 1.29 is 9.13 Å². The number of nitrogens with one attached hydrogen (secondary N) is 1. The van der Waals surface area contributed by atoms with Crippen molar-refractivity contribution in [1.29, 1.82) is 0 Å². The van der Waals surface area contributed by atoms with Crippen LogP contribution in [0.25, 0.3) is 10.2 Å². The van der Waals surface area contributed by atoms with Crippen molar-refractivity contribution in [3.05, 3.63) is 46.9 Å². The Labute approximate surface area is 124 Å². The zero-order valence-corrected chi connectivity index (χ0v) is 12.1. The zero-order chi connectivity index (χ0) is 14.8. The number of nitrogen functional groups attached to an aromatic ring is 1. The molecule has 3 N–H and O–H groups in total. The summed E-state index contributed by atoms with van der Waals surface area (Å²) in [6.07, 6.45) is 0. The Bertz CT molecular complexity index is 790. The molecule has 0 aliphatic rings. The van der Waals surface area contributed by atoms with Gasteiger partial charge in [-0.2, -0.15) is 0 Å². The smallest absolute Gasteiger partial charge is 0.169 e. The maximum atomic E-state index is 13.2. The van der Waals surface area contributed by atoms with Gasteiger partial charge in [0.05, 0.1) is 5.39 Å². The lowest BCUT2D eigenvalue weighted by atomic mass is 10.2. The molecular weight excluding hydrogens is 291 g/mol. The van der Waals surface area contributed by atoms with E-state index in [-0.39, 0.29) is 12.4 Å². The van der Waals surface area contributed by atoms with Crippen molar-refractivity contribution in [2.24, 2.45) is 5.84 Å². The van der Waals surface area contributed by atoms with Crippen LogP contribution in [0.5, 0.6) is 5.75 Å². The monoisotopic (exact) mass is 304 g/mol. The number of aromatic nitrogens is 2. The van der Waals surface area contributed by atoms with Crippen LogP contribution >= 0.6 is 11.3 Å².